The van der Waals surface area contributed by atoms with Gasteiger partial charge in [0.05, 0.1) is 0 Å². The fourth-order valence-corrected chi connectivity index (χ4v) is 1.78. The molecule has 0 aliphatic heterocycles. The normalized spacial score (nSPS) is 10.5. The van der Waals surface area contributed by atoms with Crippen LogP contribution in [0.1, 0.15) is 35.4 Å². The van der Waals surface area contributed by atoms with Crippen molar-refractivity contribution in [2.24, 2.45) is 0 Å². The molecule has 0 fully saturated rings. The van der Waals surface area contributed by atoms with Gasteiger partial charge in [0.15, 0.2) is 0 Å². The van der Waals surface area contributed by atoms with E-state index in [0.717, 1.165) is 37.3 Å². The van der Waals surface area contributed by atoms with Crippen LogP contribution in [0, 0.1) is 0 Å². The quantitative estimate of drug-likeness (QED) is 0.621. The lowest BCUT2D eigenvalue weighted by Crippen LogP contribution is -2.28. The van der Waals surface area contributed by atoms with Gasteiger partial charge in [0.1, 0.15) is 5.82 Å². The van der Waals surface area contributed by atoms with Gasteiger partial charge in [-0.25, -0.2) is 4.98 Å². The second kappa shape index (κ2) is 8.11. The van der Waals surface area contributed by atoms with E-state index in [0.29, 0.717) is 6.54 Å². The summed E-state index contributed by atoms with van der Waals surface area (Å²) in [5.41, 5.74) is 1.15. The van der Waals surface area contributed by atoms with Crippen LogP contribution in [0.5, 0.6) is 0 Å². The van der Waals surface area contributed by atoms with Crippen LogP contribution in [0.15, 0.2) is 24.5 Å². The predicted octanol–water partition coefficient (Wildman–Crippen LogP) is 0.672. The summed E-state index contributed by atoms with van der Waals surface area (Å²) in [4.78, 5) is 19.9. The minimum absolute atomic E-state index is 0.204. The first-order valence-electron chi connectivity index (χ1n) is 7.08. The minimum atomic E-state index is -0.238. The van der Waals surface area contributed by atoms with E-state index in [1.807, 2.05) is 25.3 Å². The summed E-state index contributed by atoms with van der Waals surface area (Å²) in [7, 11) is 0. The van der Waals surface area contributed by atoms with Gasteiger partial charge in [-0.1, -0.05) is 13.0 Å². The molecule has 0 spiro atoms. The summed E-state index contributed by atoms with van der Waals surface area (Å²) in [5, 5.41) is 12.7. The topological polar surface area (TPSA) is 95.6 Å². The summed E-state index contributed by atoms with van der Waals surface area (Å²) < 4.78 is 0. The van der Waals surface area contributed by atoms with Gasteiger partial charge in [-0.2, -0.15) is 0 Å². The van der Waals surface area contributed by atoms with Crippen LogP contribution in [-0.2, 0) is 13.0 Å². The van der Waals surface area contributed by atoms with Crippen molar-refractivity contribution in [2.45, 2.75) is 26.3 Å². The molecule has 0 aliphatic rings. The van der Waals surface area contributed by atoms with Gasteiger partial charge in [0, 0.05) is 31.9 Å². The fourth-order valence-electron chi connectivity index (χ4n) is 1.78. The van der Waals surface area contributed by atoms with Crippen molar-refractivity contribution in [3.8, 4) is 0 Å². The second-order valence-electron chi connectivity index (χ2n) is 4.61. The van der Waals surface area contributed by atoms with Gasteiger partial charge in [-0.05, 0) is 24.6 Å². The molecule has 0 unspecified atom stereocenters. The molecule has 7 heteroatoms. The van der Waals surface area contributed by atoms with Crippen LogP contribution in [0.2, 0.25) is 0 Å². The zero-order valence-electron chi connectivity index (χ0n) is 12.1. The summed E-state index contributed by atoms with van der Waals surface area (Å²) in [6.07, 6.45) is 5.17. The summed E-state index contributed by atoms with van der Waals surface area (Å²) in [6.45, 7) is 4.15. The minimum Gasteiger partial charge on any atom is -0.349 e. The monoisotopic (exact) mass is 288 g/mol. The fraction of sp³-hybridized carbons (Fsp3) is 0.429. The first-order valence-corrected chi connectivity index (χ1v) is 7.08. The van der Waals surface area contributed by atoms with E-state index in [9.17, 15) is 4.79 Å². The third-order valence-electron chi connectivity index (χ3n) is 2.94. The number of carbonyl (C=O) groups is 1. The number of hydrogen-bond donors (Lipinski definition) is 3. The van der Waals surface area contributed by atoms with E-state index in [4.69, 9.17) is 0 Å². The molecule has 3 N–H and O–H groups in total. The molecule has 1 amide bonds. The SMILES string of the molecule is CCc1nc(C(=O)NCCCNCc2cccnc2)n[nH]1. The van der Waals surface area contributed by atoms with Gasteiger partial charge >= 0.3 is 0 Å². The van der Waals surface area contributed by atoms with Gasteiger partial charge in [-0.3, -0.25) is 14.9 Å². The highest BCUT2D eigenvalue weighted by Gasteiger charge is 2.10. The highest BCUT2D eigenvalue weighted by Crippen LogP contribution is 1.95. The maximum absolute atomic E-state index is 11.7. The lowest BCUT2D eigenvalue weighted by atomic mass is 10.3. The van der Waals surface area contributed by atoms with Crippen molar-refractivity contribution in [1.82, 2.24) is 30.8 Å². The van der Waals surface area contributed by atoms with Crippen molar-refractivity contribution in [3.05, 3.63) is 41.7 Å². The van der Waals surface area contributed by atoms with Crippen molar-refractivity contribution in [3.63, 3.8) is 0 Å². The Balaban J connectivity index is 1.58. The number of H-pyrrole nitrogens is 1. The Bertz CT molecular complexity index is 554. The molecular weight excluding hydrogens is 268 g/mol. The van der Waals surface area contributed by atoms with Crippen LogP contribution in [-0.4, -0.2) is 39.2 Å². The molecule has 112 valence electrons. The second-order valence-corrected chi connectivity index (χ2v) is 4.61. The molecule has 0 radical (unpaired) electrons. The summed E-state index contributed by atoms with van der Waals surface area (Å²) in [6, 6.07) is 3.94. The van der Waals surface area contributed by atoms with Crippen LogP contribution in [0.3, 0.4) is 0 Å². The highest BCUT2D eigenvalue weighted by atomic mass is 16.2. The maximum atomic E-state index is 11.7. The molecule has 2 heterocycles. The molecular formula is C14H20N6O. The molecule has 0 aliphatic carbocycles. The molecule has 0 bridgehead atoms. The number of aryl methyl sites for hydroxylation is 1. The average Bonchev–Trinajstić information content (AvgIpc) is 3.00. The molecule has 2 aromatic rings. The van der Waals surface area contributed by atoms with Gasteiger partial charge in [0.25, 0.3) is 5.91 Å². The first kappa shape index (κ1) is 15.1. The molecule has 2 rings (SSSR count). The number of nitrogens with one attached hydrogen (secondary N) is 3. The van der Waals surface area contributed by atoms with Crippen LogP contribution in [0.25, 0.3) is 0 Å². The van der Waals surface area contributed by atoms with Crippen molar-refractivity contribution in [2.75, 3.05) is 13.1 Å². The van der Waals surface area contributed by atoms with Crippen molar-refractivity contribution >= 4 is 5.91 Å². The number of rotatable bonds is 8. The Morgan fingerprint density at radius 1 is 1.38 bits per heavy atom. The highest BCUT2D eigenvalue weighted by molar-refractivity contribution is 5.90. The molecule has 7 nitrogen and oxygen atoms in total. The standard InChI is InChI=1S/C14H20N6O/c1-2-12-18-13(20-19-12)14(21)17-8-4-7-16-10-11-5-3-6-15-9-11/h3,5-6,9,16H,2,4,7-8,10H2,1H3,(H,17,21)(H,18,19,20). The Hall–Kier alpha value is -2.28. The van der Waals surface area contributed by atoms with E-state index < -0.39 is 0 Å². The van der Waals surface area contributed by atoms with E-state index in [1.54, 1.807) is 6.20 Å². The lowest BCUT2D eigenvalue weighted by molar-refractivity contribution is 0.0943. The molecule has 0 saturated heterocycles. The molecule has 0 saturated carbocycles. The third kappa shape index (κ3) is 4.96. The maximum Gasteiger partial charge on any atom is 0.290 e. The summed E-state index contributed by atoms with van der Waals surface area (Å²) >= 11 is 0. The first-order chi connectivity index (χ1) is 10.3. The number of nitrogens with zero attached hydrogens (tertiary/aromatic N) is 3. The van der Waals surface area contributed by atoms with Crippen LogP contribution < -0.4 is 10.6 Å². The number of aromatic amines is 1. The smallest absolute Gasteiger partial charge is 0.290 e. The molecule has 21 heavy (non-hydrogen) atoms. The number of pyridine rings is 1. The predicted molar refractivity (Wildman–Crippen MR) is 78.7 cm³/mol. The number of carbonyl (C=O) groups excluding carboxylic acids is 1. The zero-order chi connectivity index (χ0) is 14.9. The number of hydrogen-bond acceptors (Lipinski definition) is 5. The average molecular weight is 288 g/mol. The van der Waals surface area contributed by atoms with Gasteiger partial charge in [0.2, 0.25) is 5.82 Å². The zero-order valence-corrected chi connectivity index (χ0v) is 12.1. The van der Waals surface area contributed by atoms with Gasteiger partial charge < -0.3 is 10.6 Å². The summed E-state index contributed by atoms with van der Waals surface area (Å²) in [5.74, 6) is 0.687. The number of amides is 1. The van der Waals surface area contributed by atoms with Crippen LogP contribution >= 0.6 is 0 Å². The number of aromatic nitrogens is 4. The Morgan fingerprint density at radius 3 is 3.00 bits per heavy atom. The van der Waals surface area contributed by atoms with E-state index in [-0.39, 0.29) is 11.7 Å². The Labute approximate surface area is 123 Å². The van der Waals surface area contributed by atoms with Crippen molar-refractivity contribution in [1.29, 1.82) is 0 Å². The Morgan fingerprint density at radius 2 is 2.29 bits per heavy atom. The van der Waals surface area contributed by atoms with E-state index in [2.05, 4.69) is 30.8 Å². The van der Waals surface area contributed by atoms with Crippen molar-refractivity contribution < 1.29 is 4.79 Å². The van der Waals surface area contributed by atoms with Crippen LogP contribution in [0.4, 0.5) is 0 Å². The van der Waals surface area contributed by atoms with Gasteiger partial charge in [-0.15, -0.1) is 5.10 Å². The largest absolute Gasteiger partial charge is 0.349 e. The molecule has 0 aromatic carbocycles. The Kier molecular flexibility index (Phi) is 5.83. The lowest BCUT2D eigenvalue weighted by Gasteiger charge is -2.05. The third-order valence-corrected chi connectivity index (χ3v) is 2.94. The van der Waals surface area contributed by atoms with E-state index in [1.165, 1.54) is 0 Å². The van der Waals surface area contributed by atoms with E-state index >= 15 is 0 Å². The molecule has 2 aromatic heterocycles. The molecule has 0 atom stereocenters.